The molecule has 2 nitrogen and oxygen atoms in total. The third-order valence-corrected chi connectivity index (χ3v) is 7.83. The van der Waals surface area contributed by atoms with Crippen LogP contribution in [0.5, 0.6) is 0 Å². The molecule has 22 heavy (non-hydrogen) atoms. The molecule has 0 aromatic carbocycles. The molecule has 0 amide bonds. The molecule has 0 bridgehead atoms. The van der Waals surface area contributed by atoms with Crippen molar-refractivity contribution in [2.45, 2.75) is 71.3 Å². The average molecular weight is 306 g/mol. The molecule has 3 saturated carbocycles. The van der Waals surface area contributed by atoms with Gasteiger partial charge in [-0.2, -0.15) is 0 Å². The monoisotopic (exact) mass is 306 g/mol. The molecule has 4 rings (SSSR count). The van der Waals surface area contributed by atoms with Crippen LogP contribution < -0.4 is 0 Å². The van der Waals surface area contributed by atoms with Crippen molar-refractivity contribution in [3.63, 3.8) is 0 Å². The van der Waals surface area contributed by atoms with E-state index in [4.69, 9.17) is 0 Å². The van der Waals surface area contributed by atoms with Gasteiger partial charge < -0.3 is 5.11 Å². The van der Waals surface area contributed by atoms with Gasteiger partial charge >= 0.3 is 0 Å². The fourth-order valence-electron chi connectivity index (χ4n) is 6.48. The number of ketones is 1. The number of rotatable bonds is 0. The molecule has 122 valence electrons. The lowest BCUT2D eigenvalue weighted by Crippen LogP contribution is -2.51. The van der Waals surface area contributed by atoms with Crippen LogP contribution in [0.3, 0.4) is 0 Å². The van der Waals surface area contributed by atoms with Gasteiger partial charge in [-0.15, -0.1) is 0 Å². The molecule has 4 aliphatic carbocycles. The number of aliphatic hydroxyl groups is 1. The van der Waals surface area contributed by atoms with Gasteiger partial charge in [0.2, 0.25) is 0 Å². The van der Waals surface area contributed by atoms with Crippen LogP contribution in [0.2, 0.25) is 0 Å². The molecule has 0 aromatic heterocycles. The quantitative estimate of drug-likeness (QED) is 0.729. The fraction of sp³-hybridized carbons (Fsp3) is 0.842. The van der Waals surface area contributed by atoms with Gasteiger partial charge in [0.25, 0.3) is 0 Å². The van der Waals surface area contributed by atoms with Crippen molar-refractivity contribution in [3.05, 3.63) is 11.4 Å². The Labute approximate surface area is 132 Å². The molecule has 0 aromatic rings. The Morgan fingerprint density at radius 3 is 2.50 bits per heavy atom. The summed E-state index contributed by atoms with van der Waals surface area (Å²) in [6.45, 7) is 4.36. The van der Waals surface area contributed by atoms with Gasteiger partial charge in [-0.05, 0) is 67.3 Å². The lowest BCUT2D eigenvalue weighted by molar-refractivity contribution is -0.132. The maximum atomic E-state index is 14.9. The zero-order valence-electron chi connectivity index (χ0n) is 13.7. The van der Waals surface area contributed by atoms with E-state index in [-0.39, 0.29) is 22.8 Å². The molecular weight excluding hydrogens is 279 g/mol. The number of allylic oxidation sites excluding steroid dienone is 1. The summed E-state index contributed by atoms with van der Waals surface area (Å²) < 4.78 is 14.9. The van der Waals surface area contributed by atoms with E-state index >= 15 is 0 Å². The summed E-state index contributed by atoms with van der Waals surface area (Å²) in [5.41, 5.74) is 0.628. The van der Waals surface area contributed by atoms with Crippen molar-refractivity contribution in [1.29, 1.82) is 0 Å². The highest BCUT2D eigenvalue weighted by molar-refractivity contribution is 5.87. The minimum absolute atomic E-state index is 0.0334. The maximum absolute atomic E-state index is 14.9. The largest absolute Gasteiger partial charge is 0.393 e. The van der Waals surface area contributed by atoms with Crippen molar-refractivity contribution >= 4 is 5.78 Å². The molecule has 0 spiro atoms. The summed E-state index contributed by atoms with van der Waals surface area (Å²) >= 11 is 0. The smallest absolute Gasteiger partial charge is 0.139 e. The summed E-state index contributed by atoms with van der Waals surface area (Å²) in [5.74, 6) is 1.64. The standard InChI is InChI=1S/C19H27FO2/c1-18-7-5-11(21)9-15(18)16(20)10-12-13-3-4-17(22)19(13,2)8-6-14(12)18/h11-14,21H,3-10H2,1-2H3/t11?,12-,13-,14+,18+,19-/m0/s1. The Bertz CT molecular complexity index is 554. The molecular formula is C19H27FO2. The van der Waals surface area contributed by atoms with Gasteiger partial charge in [0.15, 0.2) is 0 Å². The highest BCUT2D eigenvalue weighted by atomic mass is 19.1. The second-order valence-electron chi connectivity index (χ2n) is 8.70. The Balaban J connectivity index is 1.74. The number of carbonyl (C=O) groups is 1. The Morgan fingerprint density at radius 1 is 1.05 bits per heavy atom. The Kier molecular flexibility index (Phi) is 3.15. The topological polar surface area (TPSA) is 37.3 Å². The van der Waals surface area contributed by atoms with Gasteiger partial charge in [0.05, 0.1) is 6.10 Å². The first-order chi connectivity index (χ1) is 10.4. The van der Waals surface area contributed by atoms with Crippen LogP contribution in [0.15, 0.2) is 11.4 Å². The summed E-state index contributed by atoms with van der Waals surface area (Å²) in [4.78, 5) is 12.4. The highest BCUT2D eigenvalue weighted by Gasteiger charge is 2.59. The van der Waals surface area contributed by atoms with Gasteiger partial charge in [-0.25, -0.2) is 4.39 Å². The van der Waals surface area contributed by atoms with Crippen LogP contribution in [0.25, 0.3) is 0 Å². The van der Waals surface area contributed by atoms with E-state index in [0.29, 0.717) is 42.8 Å². The zero-order chi connectivity index (χ0) is 15.7. The third-order valence-electron chi connectivity index (χ3n) is 7.83. The highest BCUT2D eigenvalue weighted by Crippen LogP contribution is 2.65. The van der Waals surface area contributed by atoms with Gasteiger partial charge in [-0.3, -0.25) is 4.79 Å². The molecule has 0 radical (unpaired) electrons. The summed E-state index contributed by atoms with van der Waals surface area (Å²) in [6.07, 6.45) is 6.02. The van der Waals surface area contributed by atoms with Crippen LogP contribution in [0, 0.1) is 28.6 Å². The van der Waals surface area contributed by atoms with Crippen LogP contribution in [0.4, 0.5) is 4.39 Å². The third kappa shape index (κ3) is 1.78. The average Bonchev–Trinajstić information content (AvgIpc) is 2.77. The summed E-state index contributed by atoms with van der Waals surface area (Å²) in [6, 6.07) is 0. The zero-order valence-corrected chi connectivity index (χ0v) is 13.7. The van der Waals surface area contributed by atoms with E-state index in [2.05, 4.69) is 13.8 Å². The van der Waals surface area contributed by atoms with E-state index in [1.807, 2.05) is 0 Å². The van der Waals surface area contributed by atoms with Crippen molar-refractivity contribution < 1.29 is 14.3 Å². The normalized spacial score (nSPS) is 51.4. The van der Waals surface area contributed by atoms with Gasteiger partial charge in [0, 0.05) is 18.3 Å². The number of hydrogen-bond donors (Lipinski definition) is 1. The predicted molar refractivity (Wildman–Crippen MR) is 82.8 cm³/mol. The fourth-order valence-corrected chi connectivity index (χ4v) is 6.48. The Hall–Kier alpha value is -0.700. The predicted octanol–water partition coefficient (Wildman–Crippen LogP) is 4.18. The van der Waals surface area contributed by atoms with E-state index in [9.17, 15) is 14.3 Å². The number of hydrogen-bond acceptors (Lipinski definition) is 2. The lowest BCUT2D eigenvalue weighted by Gasteiger charge is -2.56. The van der Waals surface area contributed by atoms with Crippen LogP contribution in [-0.4, -0.2) is 17.0 Å². The second-order valence-corrected chi connectivity index (χ2v) is 8.70. The molecule has 0 aliphatic heterocycles. The first-order valence-electron chi connectivity index (χ1n) is 8.95. The van der Waals surface area contributed by atoms with Crippen LogP contribution >= 0.6 is 0 Å². The van der Waals surface area contributed by atoms with Gasteiger partial charge in [0.1, 0.15) is 11.6 Å². The maximum Gasteiger partial charge on any atom is 0.139 e. The van der Waals surface area contributed by atoms with E-state index in [1.165, 1.54) is 0 Å². The van der Waals surface area contributed by atoms with Crippen molar-refractivity contribution in [3.8, 4) is 0 Å². The number of aliphatic hydroxyl groups excluding tert-OH is 1. The first kappa shape index (κ1) is 14.9. The first-order valence-corrected chi connectivity index (χ1v) is 8.95. The minimum Gasteiger partial charge on any atom is -0.393 e. The molecule has 3 heteroatoms. The van der Waals surface area contributed by atoms with Crippen molar-refractivity contribution in [2.24, 2.45) is 28.6 Å². The number of carbonyl (C=O) groups excluding carboxylic acids is 1. The van der Waals surface area contributed by atoms with Crippen molar-refractivity contribution in [1.82, 2.24) is 0 Å². The number of fused-ring (bicyclic) bond motifs is 5. The van der Waals surface area contributed by atoms with Gasteiger partial charge in [-0.1, -0.05) is 13.8 Å². The summed E-state index contributed by atoms with van der Waals surface area (Å²) in [5, 5.41) is 9.96. The molecule has 0 saturated heterocycles. The molecule has 6 atom stereocenters. The van der Waals surface area contributed by atoms with Crippen LogP contribution in [0.1, 0.15) is 65.2 Å². The number of halogens is 1. The molecule has 4 aliphatic rings. The van der Waals surface area contributed by atoms with Crippen LogP contribution in [-0.2, 0) is 4.79 Å². The van der Waals surface area contributed by atoms with E-state index in [0.717, 1.165) is 37.7 Å². The number of Topliss-reactive ketones (excluding diaryl/α,β-unsaturated/α-hetero) is 1. The Morgan fingerprint density at radius 2 is 1.73 bits per heavy atom. The van der Waals surface area contributed by atoms with E-state index < -0.39 is 0 Å². The van der Waals surface area contributed by atoms with Crippen molar-refractivity contribution in [2.75, 3.05) is 0 Å². The molecule has 0 heterocycles. The minimum atomic E-state index is -0.368. The molecule has 3 fully saturated rings. The lowest BCUT2D eigenvalue weighted by atomic mass is 9.48. The summed E-state index contributed by atoms with van der Waals surface area (Å²) in [7, 11) is 0. The second kappa shape index (κ2) is 4.66. The SMILES string of the molecule is C[C@]12CCC(O)CC1=C(F)C[C@@H]1[C@H]2CC[C@]2(C)C(=O)CC[C@@H]12. The molecule has 1 N–H and O–H groups in total. The van der Waals surface area contributed by atoms with E-state index in [1.54, 1.807) is 0 Å². The molecule has 1 unspecified atom stereocenters.